The predicted octanol–water partition coefficient (Wildman–Crippen LogP) is 2.44. The Morgan fingerprint density at radius 3 is 2.82 bits per heavy atom. The van der Waals surface area contributed by atoms with Crippen molar-refractivity contribution < 1.29 is 0 Å². The number of hydrogen-bond donors (Lipinski definition) is 1. The zero-order valence-corrected chi connectivity index (χ0v) is 11.9. The fraction of sp³-hybridized carbons (Fsp3) is 0.769. The van der Waals surface area contributed by atoms with Crippen LogP contribution in [0.25, 0.3) is 0 Å². The minimum Gasteiger partial charge on any atom is -0.309 e. The molecule has 2 heterocycles. The molecule has 0 aromatic carbocycles. The molecule has 1 unspecified atom stereocenters. The number of nitrogens with zero attached hydrogens (tertiary/aromatic N) is 2. The van der Waals surface area contributed by atoms with Crippen molar-refractivity contribution in [3.8, 4) is 0 Å². The fourth-order valence-corrected chi connectivity index (χ4v) is 3.00. The second-order valence-electron chi connectivity index (χ2n) is 5.17. The zero-order valence-electron chi connectivity index (χ0n) is 11.1. The molecule has 17 heavy (non-hydrogen) atoms. The molecule has 1 N–H and O–H groups in total. The molecule has 1 fully saturated rings. The van der Waals surface area contributed by atoms with E-state index in [2.05, 4.69) is 41.5 Å². The number of aromatic nitrogens is 1. The van der Waals surface area contributed by atoms with Gasteiger partial charge in [0.2, 0.25) is 0 Å². The van der Waals surface area contributed by atoms with E-state index in [1.807, 2.05) is 0 Å². The third-order valence-corrected chi connectivity index (χ3v) is 4.42. The second-order valence-corrected chi connectivity index (χ2v) is 6.23. The van der Waals surface area contributed by atoms with Crippen LogP contribution in [-0.4, -0.2) is 36.6 Å². The maximum absolute atomic E-state index is 4.53. The third-order valence-electron chi connectivity index (χ3n) is 3.63. The first-order chi connectivity index (χ1) is 8.15. The van der Waals surface area contributed by atoms with Crippen LogP contribution in [-0.2, 0) is 0 Å². The van der Waals surface area contributed by atoms with Crippen LogP contribution >= 0.6 is 11.3 Å². The van der Waals surface area contributed by atoms with Gasteiger partial charge in [0.1, 0.15) is 0 Å². The molecule has 0 saturated carbocycles. The molecule has 1 aromatic rings. The van der Waals surface area contributed by atoms with Crippen molar-refractivity contribution >= 4 is 11.3 Å². The van der Waals surface area contributed by atoms with Crippen molar-refractivity contribution in [1.29, 1.82) is 0 Å². The lowest BCUT2D eigenvalue weighted by atomic mass is 9.97. The summed E-state index contributed by atoms with van der Waals surface area (Å²) in [5.74, 6) is 0.841. The summed E-state index contributed by atoms with van der Waals surface area (Å²) in [6, 6.07) is 0.389. The Kier molecular flexibility index (Phi) is 4.54. The number of rotatable bonds is 4. The standard InChI is InChI=1S/C13H23N3S/c1-10(13-9-17-11(2)15-13)14-8-12-4-6-16(3)7-5-12/h9-10,12,14H,4-8H2,1-3H3. The molecule has 1 aliphatic heterocycles. The van der Waals surface area contributed by atoms with Crippen LogP contribution in [0.3, 0.4) is 0 Å². The summed E-state index contributed by atoms with van der Waals surface area (Å²) in [5.41, 5.74) is 1.19. The van der Waals surface area contributed by atoms with Gasteiger partial charge in [-0.3, -0.25) is 0 Å². The summed E-state index contributed by atoms with van der Waals surface area (Å²) >= 11 is 1.74. The molecule has 1 atom stereocenters. The van der Waals surface area contributed by atoms with Gasteiger partial charge in [0.05, 0.1) is 10.7 Å². The van der Waals surface area contributed by atoms with Crippen molar-refractivity contribution in [2.75, 3.05) is 26.7 Å². The molecule has 1 aliphatic rings. The lowest BCUT2D eigenvalue weighted by Crippen LogP contribution is -2.35. The predicted molar refractivity (Wildman–Crippen MR) is 73.5 cm³/mol. The molecule has 4 heteroatoms. The monoisotopic (exact) mass is 253 g/mol. The van der Waals surface area contributed by atoms with Crippen LogP contribution in [0.5, 0.6) is 0 Å². The Bertz CT molecular complexity index is 342. The molecule has 0 spiro atoms. The first kappa shape index (κ1) is 13.0. The second kappa shape index (κ2) is 5.94. The molecule has 0 aliphatic carbocycles. The molecule has 1 saturated heterocycles. The Labute approximate surface area is 108 Å². The maximum Gasteiger partial charge on any atom is 0.0898 e. The molecule has 0 radical (unpaired) electrons. The molecule has 0 amide bonds. The van der Waals surface area contributed by atoms with Gasteiger partial charge < -0.3 is 10.2 Å². The Hall–Kier alpha value is -0.450. The number of thiazole rings is 1. The zero-order chi connectivity index (χ0) is 12.3. The quantitative estimate of drug-likeness (QED) is 0.893. The molecule has 0 bridgehead atoms. The Morgan fingerprint density at radius 2 is 2.24 bits per heavy atom. The summed E-state index contributed by atoms with van der Waals surface area (Å²) in [6.07, 6.45) is 2.65. The molecule has 96 valence electrons. The summed E-state index contributed by atoms with van der Waals surface area (Å²) in [7, 11) is 2.21. The van der Waals surface area contributed by atoms with Gasteiger partial charge in [-0.15, -0.1) is 11.3 Å². The minimum absolute atomic E-state index is 0.389. The van der Waals surface area contributed by atoms with E-state index in [4.69, 9.17) is 0 Å². The maximum atomic E-state index is 4.53. The number of aryl methyl sites for hydroxylation is 1. The average molecular weight is 253 g/mol. The van der Waals surface area contributed by atoms with Gasteiger partial charge in [-0.05, 0) is 59.3 Å². The van der Waals surface area contributed by atoms with Crippen LogP contribution in [0.4, 0.5) is 0 Å². The van der Waals surface area contributed by atoms with Gasteiger partial charge >= 0.3 is 0 Å². The van der Waals surface area contributed by atoms with Crippen LogP contribution in [0, 0.1) is 12.8 Å². The van der Waals surface area contributed by atoms with E-state index in [1.165, 1.54) is 31.6 Å². The van der Waals surface area contributed by atoms with Gasteiger partial charge in [0, 0.05) is 11.4 Å². The molecule has 2 rings (SSSR count). The summed E-state index contributed by atoms with van der Waals surface area (Å²) < 4.78 is 0. The number of likely N-dealkylation sites (tertiary alicyclic amines) is 1. The largest absolute Gasteiger partial charge is 0.309 e. The lowest BCUT2D eigenvalue weighted by molar-refractivity contribution is 0.213. The lowest BCUT2D eigenvalue weighted by Gasteiger charge is -2.29. The first-order valence-corrected chi connectivity index (χ1v) is 7.37. The average Bonchev–Trinajstić information content (AvgIpc) is 2.75. The number of piperidine rings is 1. The normalized spacial score (nSPS) is 20.6. The Balaban J connectivity index is 1.74. The van der Waals surface area contributed by atoms with Crippen molar-refractivity contribution in [3.05, 3.63) is 16.1 Å². The number of hydrogen-bond acceptors (Lipinski definition) is 4. The highest BCUT2D eigenvalue weighted by molar-refractivity contribution is 7.09. The summed E-state index contributed by atoms with van der Waals surface area (Å²) in [5, 5.41) is 6.95. The SMILES string of the molecule is Cc1nc(C(C)NCC2CCN(C)CC2)cs1. The van der Waals surface area contributed by atoms with Gasteiger partial charge in [-0.2, -0.15) is 0 Å². The van der Waals surface area contributed by atoms with Crippen molar-refractivity contribution in [3.63, 3.8) is 0 Å². The van der Waals surface area contributed by atoms with E-state index < -0.39 is 0 Å². The van der Waals surface area contributed by atoms with Crippen LogP contribution < -0.4 is 5.32 Å². The van der Waals surface area contributed by atoms with Crippen LogP contribution in [0.2, 0.25) is 0 Å². The van der Waals surface area contributed by atoms with Gasteiger partial charge in [0.25, 0.3) is 0 Å². The molecule has 3 nitrogen and oxygen atoms in total. The Morgan fingerprint density at radius 1 is 1.53 bits per heavy atom. The highest BCUT2D eigenvalue weighted by Gasteiger charge is 2.17. The van der Waals surface area contributed by atoms with E-state index in [-0.39, 0.29) is 0 Å². The van der Waals surface area contributed by atoms with E-state index >= 15 is 0 Å². The third kappa shape index (κ3) is 3.76. The van der Waals surface area contributed by atoms with E-state index in [9.17, 15) is 0 Å². The highest BCUT2D eigenvalue weighted by Crippen LogP contribution is 2.18. The van der Waals surface area contributed by atoms with Crippen molar-refractivity contribution in [2.24, 2.45) is 5.92 Å². The summed E-state index contributed by atoms with van der Waals surface area (Å²) in [6.45, 7) is 7.90. The smallest absolute Gasteiger partial charge is 0.0898 e. The van der Waals surface area contributed by atoms with Crippen LogP contribution in [0.15, 0.2) is 5.38 Å². The van der Waals surface area contributed by atoms with Crippen molar-refractivity contribution in [2.45, 2.75) is 32.7 Å². The van der Waals surface area contributed by atoms with E-state index in [0.717, 1.165) is 17.5 Å². The van der Waals surface area contributed by atoms with Crippen molar-refractivity contribution in [1.82, 2.24) is 15.2 Å². The molecular weight excluding hydrogens is 230 g/mol. The van der Waals surface area contributed by atoms with E-state index in [1.54, 1.807) is 11.3 Å². The fourth-order valence-electron chi connectivity index (χ4n) is 2.29. The topological polar surface area (TPSA) is 28.2 Å². The first-order valence-electron chi connectivity index (χ1n) is 6.49. The summed E-state index contributed by atoms with van der Waals surface area (Å²) in [4.78, 5) is 6.95. The molecule has 1 aromatic heterocycles. The van der Waals surface area contributed by atoms with Gasteiger partial charge in [-0.25, -0.2) is 4.98 Å². The highest BCUT2D eigenvalue weighted by atomic mass is 32.1. The van der Waals surface area contributed by atoms with Gasteiger partial charge in [-0.1, -0.05) is 0 Å². The van der Waals surface area contributed by atoms with Gasteiger partial charge in [0.15, 0.2) is 0 Å². The molecular formula is C13H23N3S. The van der Waals surface area contributed by atoms with E-state index in [0.29, 0.717) is 6.04 Å². The number of nitrogens with one attached hydrogen (secondary N) is 1. The van der Waals surface area contributed by atoms with Crippen LogP contribution in [0.1, 0.15) is 36.5 Å². The minimum atomic E-state index is 0.389.